The molecule has 20 heavy (non-hydrogen) atoms. The van der Waals surface area contributed by atoms with Gasteiger partial charge in [0.2, 0.25) is 0 Å². The van der Waals surface area contributed by atoms with Gasteiger partial charge in [-0.25, -0.2) is 4.98 Å². The molecule has 1 aliphatic carbocycles. The van der Waals surface area contributed by atoms with Crippen LogP contribution in [0.3, 0.4) is 0 Å². The van der Waals surface area contributed by atoms with Crippen LogP contribution in [0.25, 0.3) is 0 Å². The van der Waals surface area contributed by atoms with Crippen molar-refractivity contribution in [2.24, 2.45) is 0 Å². The van der Waals surface area contributed by atoms with E-state index in [9.17, 15) is 5.11 Å². The fourth-order valence-corrected chi connectivity index (χ4v) is 2.39. The van der Waals surface area contributed by atoms with Crippen molar-refractivity contribution in [2.75, 3.05) is 11.4 Å². The van der Waals surface area contributed by atoms with Crippen LogP contribution in [0, 0.1) is 0 Å². The molecule has 1 aromatic heterocycles. The van der Waals surface area contributed by atoms with Crippen molar-refractivity contribution >= 4 is 5.82 Å². The topological polar surface area (TPSA) is 36.4 Å². The summed E-state index contributed by atoms with van der Waals surface area (Å²) in [5, 5.41) is 9.52. The summed E-state index contributed by atoms with van der Waals surface area (Å²) in [6.45, 7) is 9.91. The lowest BCUT2D eigenvalue weighted by Crippen LogP contribution is -2.29. The highest BCUT2D eigenvalue weighted by Gasteiger charge is 2.30. The van der Waals surface area contributed by atoms with E-state index >= 15 is 0 Å². The van der Waals surface area contributed by atoms with Gasteiger partial charge in [-0.15, -0.1) is 0 Å². The number of nitrogens with zero attached hydrogens (tertiary/aromatic N) is 2. The lowest BCUT2D eigenvalue weighted by molar-refractivity contribution is 0.281. The minimum atomic E-state index is 0.0138. The summed E-state index contributed by atoms with van der Waals surface area (Å²) >= 11 is 0. The molecule has 0 aliphatic heterocycles. The quantitative estimate of drug-likeness (QED) is 0.861. The molecule has 3 nitrogen and oxygen atoms in total. The number of hydrogen-bond acceptors (Lipinski definition) is 3. The second-order valence-corrected chi connectivity index (χ2v) is 6.91. The fourth-order valence-electron chi connectivity index (χ4n) is 2.39. The highest BCUT2D eigenvalue weighted by molar-refractivity contribution is 5.46. The maximum atomic E-state index is 9.52. The monoisotopic (exact) mass is 276 g/mol. The second-order valence-electron chi connectivity index (χ2n) is 6.91. The summed E-state index contributed by atoms with van der Waals surface area (Å²) in [5.74, 6) is 1.05. The van der Waals surface area contributed by atoms with E-state index in [0.717, 1.165) is 23.6 Å². The molecule has 0 atom stereocenters. The number of rotatable bonds is 6. The third-order valence-corrected chi connectivity index (χ3v) is 3.86. The minimum Gasteiger partial charge on any atom is -0.392 e. The Morgan fingerprint density at radius 1 is 1.30 bits per heavy atom. The zero-order chi connectivity index (χ0) is 14.8. The van der Waals surface area contributed by atoms with Gasteiger partial charge in [-0.05, 0) is 37.0 Å². The largest absolute Gasteiger partial charge is 0.392 e. The van der Waals surface area contributed by atoms with Gasteiger partial charge in [0.25, 0.3) is 0 Å². The van der Waals surface area contributed by atoms with E-state index in [4.69, 9.17) is 4.98 Å². The first kappa shape index (κ1) is 15.3. The molecular formula is C17H28N2O. The van der Waals surface area contributed by atoms with E-state index in [1.54, 1.807) is 0 Å². The van der Waals surface area contributed by atoms with E-state index in [-0.39, 0.29) is 12.0 Å². The first-order chi connectivity index (χ1) is 9.45. The molecule has 1 aliphatic rings. The highest BCUT2D eigenvalue weighted by Crippen LogP contribution is 2.33. The maximum Gasteiger partial charge on any atom is 0.129 e. The first-order valence-electron chi connectivity index (χ1n) is 7.84. The van der Waals surface area contributed by atoms with Crippen molar-refractivity contribution in [3.05, 3.63) is 23.4 Å². The third kappa shape index (κ3) is 3.72. The second kappa shape index (κ2) is 6.13. The molecule has 1 fully saturated rings. The van der Waals surface area contributed by atoms with Gasteiger partial charge in [-0.2, -0.15) is 0 Å². The molecule has 0 spiro atoms. The maximum absolute atomic E-state index is 9.52. The molecule has 0 aromatic carbocycles. The summed E-state index contributed by atoms with van der Waals surface area (Å²) in [4.78, 5) is 7.32. The van der Waals surface area contributed by atoms with Crippen LogP contribution in [0.2, 0.25) is 0 Å². The van der Waals surface area contributed by atoms with Gasteiger partial charge < -0.3 is 10.0 Å². The number of aliphatic hydroxyl groups is 1. The smallest absolute Gasteiger partial charge is 0.129 e. The van der Waals surface area contributed by atoms with Crippen molar-refractivity contribution < 1.29 is 5.11 Å². The number of aliphatic hydroxyl groups excluding tert-OH is 1. The van der Waals surface area contributed by atoms with Crippen LogP contribution in [0.5, 0.6) is 0 Å². The molecule has 1 heterocycles. The number of unbranched alkanes of at least 4 members (excludes halogenated alkanes) is 1. The lowest BCUT2D eigenvalue weighted by Gasteiger charge is -2.27. The predicted octanol–water partition coefficient (Wildman–Crippen LogP) is 3.64. The molecule has 112 valence electrons. The van der Waals surface area contributed by atoms with E-state index in [0.29, 0.717) is 6.04 Å². The standard InChI is InChI=1S/C17H28N2O/c1-5-6-9-19(14-7-8-14)16-11-13(12-20)10-15(18-16)17(2,3)4/h10-11,14,20H,5-9,12H2,1-4H3. The molecule has 3 heteroatoms. The first-order valence-corrected chi connectivity index (χ1v) is 7.84. The van der Waals surface area contributed by atoms with E-state index in [1.807, 2.05) is 6.07 Å². The third-order valence-electron chi connectivity index (χ3n) is 3.86. The Morgan fingerprint density at radius 2 is 2.00 bits per heavy atom. The average Bonchev–Trinajstić information content (AvgIpc) is 3.22. The summed E-state index contributed by atoms with van der Waals surface area (Å²) in [6, 6.07) is 4.76. The Labute approximate surface area is 123 Å². The van der Waals surface area contributed by atoms with Crippen LogP contribution in [-0.2, 0) is 12.0 Å². The molecule has 0 saturated heterocycles. The Morgan fingerprint density at radius 3 is 2.50 bits per heavy atom. The van der Waals surface area contributed by atoms with Crippen molar-refractivity contribution in [3.63, 3.8) is 0 Å². The molecule has 1 saturated carbocycles. The zero-order valence-corrected chi connectivity index (χ0v) is 13.3. The van der Waals surface area contributed by atoms with Crippen LogP contribution in [-0.4, -0.2) is 22.7 Å². The number of pyridine rings is 1. The Balaban J connectivity index is 2.32. The van der Waals surface area contributed by atoms with Gasteiger partial charge >= 0.3 is 0 Å². The lowest BCUT2D eigenvalue weighted by atomic mass is 9.91. The SMILES string of the molecule is CCCCN(c1cc(CO)cc(C(C)(C)C)n1)C1CC1. The van der Waals surface area contributed by atoms with Gasteiger partial charge in [-0.3, -0.25) is 0 Å². The highest BCUT2D eigenvalue weighted by atomic mass is 16.3. The van der Waals surface area contributed by atoms with Gasteiger partial charge in [0.1, 0.15) is 5.82 Å². The molecular weight excluding hydrogens is 248 g/mol. The Kier molecular flexibility index (Phi) is 4.69. The zero-order valence-electron chi connectivity index (χ0n) is 13.3. The normalized spacial score (nSPS) is 15.4. The summed E-state index contributed by atoms with van der Waals surface area (Å²) in [6.07, 6.45) is 4.96. The van der Waals surface area contributed by atoms with Gasteiger partial charge in [-0.1, -0.05) is 34.1 Å². The van der Waals surface area contributed by atoms with Crippen LogP contribution in [0.15, 0.2) is 12.1 Å². The number of aromatic nitrogens is 1. The number of anilines is 1. The Hall–Kier alpha value is -1.09. The van der Waals surface area contributed by atoms with Gasteiger partial charge in [0, 0.05) is 23.7 Å². The van der Waals surface area contributed by atoms with Crippen molar-refractivity contribution in [1.29, 1.82) is 0 Å². The fraction of sp³-hybridized carbons (Fsp3) is 0.706. The molecule has 1 N–H and O–H groups in total. The Bertz CT molecular complexity index is 447. The van der Waals surface area contributed by atoms with Gasteiger partial charge in [0.15, 0.2) is 0 Å². The molecule has 0 unspecified atom stereocenters. The molecule has 0 bridgehead atoms. The van der Waals surface area contributed by atoms with Crippen LogP contribution in [0.4, 0.5) is 5.82 Å². The predicted molar refractivity (Wildman–Crippen MR) is 84.1 cm³/mol. The van der Waals surface area contributed by atoms with Crippen LogP contribution < -0.4 is 4.90 Å². The molecule has 2 rings (SSSR count). The average molecular weight is 276 g/mol. The number of hydrogen-bond donors (Lipinski definition) is 1. The van der Waals surface area contributed by atoms with Gasteiger partial charge in [0.05, 0.1) is 6.61 Å². The van der Waals surface area contributed by atoms with E-state index in [2.05, 4.69) is 38.7 Å². The van der Waals surface area contributed by atoms with Crippen LogP contribution >= 0.6 is 0 Å². The summed E-state index contributed by atoms with van der Waals surface area (Å²) < 4.78 is 0. The van der Waals surface area contributed by atoms with E-state index in [1.165, 1.54) is 25.7 Å². The van der Waals surface area contributed by atoms with Crippen molar-refractivity contribution in [3.8, 4) is 0 Å². The summed E-state index contributed by atoms with van der Waals surface area (Å²) in [7, 11) is 0. The minimum absolute atomic E-state index is 0.0138. The van der Waals surface area contributed by atoms with Crippen LogP contribution in [0.1, 0.15) is 64.6 Å². The van der Waals surface area contributed by atoms with E-state index < -0.39 is 0 Å². The molecule has 1 aromatic rings. The van der Waals surface area contributed by atoms with Crippen molar-refractivity contribution in [2.45, 2.75) is 71.4 Å². The molecule has 0 amide bonds. The molecule has 0 radical (unpaired) electrons. The summed E-state index contributed by atoms with van der Waals surface area (Å²) in [5.41, 5.74) is 2.06. The van der Waals surface area contributed by atoms with Crippen molar-refractivity contribution in [1.82, 2.24) is 4.98 Å².